The first-order valence-corrected chi connectivity index (χ1v) is 9.62. The fourth-order valence-electron chi connectivity index (χ4n) is 3.28. The first kappa shape index (κ1) is 21.0. The summed E-state index contributed by atoms with van der Waals surface area (Å²) in [6.45, 7) is 9.59. The molecule has 1 unspecified atom stereocenters. The predicted molar refractivity (Wildman–Crippen MR) is 108 cm³/mol. The summed E-state index contributed by atoms with van der Waals surface area (Å²) in [6, 6.07) is 9.93. The molecule has 148 valence electrons. The molecule has 0 aliphatic carbocycles. The van der Waals surface area contributed by atoms with Crippen molar-refractivity contribution >= 4 is 17.6 Å². The van der Waals surface area contributed by atoms with Gasteiger partial charge in [-0.2, -0.15) is 0 Å². The fourth-order valence-corrected chi connectivity index (χ4v) is 3.28. The summed E-state index contributed by atoms with van der Waals surface area (Å²) < 4.78 is 5.41. The van der Waals surface area contributed by atoms with Gasteiger partial charge >= 0.3 is 6.09 Å². The maximum atomic E-state index is 12.7. The summed E-state index contributed by atoms with van der Waals surface area (Å²) in [5.74, 6) is 0.312. The number of amides is 2. The van der Waals surface area contributed by atoms with Gasteiger partial charge in [0.1, 0.15) is 5.60 Å². The highest BCUT2D eigenvalue weighted by molar-refractivity contribution is 5.94. The number of benzene rings is 1. The second kappa shape index (κ2) is 9.07. The Bertz CT molecular complexity index is 677. The van der Waals surface area contributed by atoms with Crippen LogP contribution in [0.25, 0.3) is 5.57 Å². The zero-order valence-corrected chi connectivity index (χ0v) is 17.2. The summed E-state index contributed by atoms with van der Waals surface area (Å²) in [7, 11) is 1.76. The normalized spacial score (nSPS) is 18.2. The largest absolute Gasteiger partial charge is 0.444 e. The van der Waals surface area contributed by atoms with Crippen LogP contribution < -0.4 is 0 Å². The van der Waals surface area contributed by atoms with Crippen LogP contribution in [0.5, 0.6) is 0 Å². The average molecular weight is 373 g/mol. The second-order valence-corrected chi connectivity index (χ2v) is 8.35. The summed E-state index contributed by atoms with van der Waals surface area (Å²) in [4.78, 5) is 28.4. The molecular weight excluding hydrogens is 340 g/mol. The summed E-state index contributed by atoms with van der Waals surface area (Å²) in [5, 5.41) is 0. The smallest absolute Gasteiger partial charge is 0.410 e. The Labute approximate surface area is 163 Å². The van der Waals surface area contributed by atoms with E-state index >= 15 is 0 Å². The molecule has 1 aliphatic heterocycles. The van der Waals surface area contributed by atoms with Crippen LogP contribution in [0.15, 0.2) is 36.4 Å². The van der Waals surface area contributed by atoms with Gasteiger partial charge in [-0.25, -0.2) is 4.79 Å². The lowest BCUT2D eigenvalue weighted by atomic mass is 9.97. The van der Waals surface area contributed by atoms with E-state index in [2.05, 4.69) is 0 Å². The molecule has 0 radical (unpaired) electrons. The first-order chi connectivity index (χ1) is 12.7. The van der Waals surface area contributed by atoms with Gasteiger partial charge in [0.05, 0.1) is 0 Å². The van der Waals surface area contributed by atoms with Crippen molar-refractivity contribution in [3.05, 3.63) is 42.0 Å². The molecule has 1 fully saturated rings. The van der Waals surface area contributed by atoms with Gasteiger partial charge in [0.15, 0.2) is 0 Å². The number of hydrogen-bond donors (Lipinski definition) is 0. The number of carbonyl (C=O) groups excluding carboxylic acids is 2. The molecule has 1 saturated heterocycles. The molecule has 0 aromatic heterocycles. The number of piperidine rings is 1. The molecule has 1 aliphatic rings. The van der Waals surface area contributed by atoms with E-state index in [1.54, 1.807) is 18.0 Å². The van der Waals surface area contributed by atoms with Crippen molar-refractivity contribution in [1.29, 1.82) is 0 Å². The van der Waals surface area contributed by atoms with Gasteiger partial charge in [-0.15, -0.1) is 0 Å². The van der Waals surface area contributed by atoms with E-state index < -0.39 is 5.60 Å². The van der Waals surface area contributed by atoms with E-state index in [1.807, 2.05) is 62.9 Å². The Morgan fingerprint density at radius 2 is 1.93 bits per heavy atom. The number of ether oxygens (including phenoxy) is 1. The van der Waals surface area contributed by atoms with Crippen LogP contribution in [0.2, 0.25) is 0 Å². The molecule has 0 spiro atoms. The highest BCUT2D eigenvalue weighted by atomic mass is 16.6. The van der Waals surface area contributed by atoms with Gasteiger partial charge in [-0.1, -0.05) is 30.3 Å². The van der Waals surface area contributed by atoms with Crippen LogP contribution in [0.1, 0.15) is 46.1 Å². The molecule has 0 bridgehead atoms. The Balaban J connectivity index is 1.93. The zero-order valence-electron chi connectivity index (χ0n) is 17.2. The van der Waals surface area contributed by atoms with Crippen LogP contribution in [0.4, 0.5) is 4.79 Å². The molecule has 0 saturated carbocycles. The number of hydrogen-bond acceptors (Lipinski definition) is 3. The SMILES string of the molecule is C/C(=C\C(=O)N1CCCC(CN(C)C(=O)OC(C)(C)C)C1)c1ccccc1. The number of nitrogens with zero attached hydrogens (tertiary/aromatic N) is 2. The highest BCUT2D eigenvalue weighted by Gasteiger charge is 2.26. The number of rotatable bonds is 4. The third kappa shape index (κ3) is 6.74. The molecule has 0 N–H and O–H groups in total. The topological polar surface area (TPSA) is 49.9 Å². The average Bonchev–Trinajstić information content (AvgIpc) is 2.61. The van der Waals surface area contributed by atoms with Gasteiger partial charge in [-0.3, -0.25) is 4.79 Å². The predicted octanol–water partition coefficient (Wildman–Crippen LogP) is 4.20. The van der Waals surface area contributed by atoms with Crippen molar-refractivity contribution in [3.63, 3.8) is 0 Å². The molecule has 1 atom stereocenters. The summed E-state index contributed by atoms with van der Waals surface area (Å²) in [6.07, 6.45) is 3.37. The van der Waals surface area contributed by atoms with E-state index in [-0.39, 0.29) is 17.9 Å². The summed E-state index contributed by atoms with van der Waals surface area (Å²) >= 11 is 0. The van der Waals surface area contributed by atoms with Crippen molar-refractivity contribution in [2.75, 3.05) is 26.7 Å². The minimum atomic E-state index is -0.500. The Morgan fingerprint density at radius 1 is 1.26 bits per heavy atom. The van der Waals surface area contributed by atoms with E-state index in [4.69, 9.17) is 4.74 Å². The van der Waals surface area contributed by atoms with Crippen LogP contribution in [0, 0.1) is 5.92 Å². The molecule has 1 aromatic carbocycles. The quantitative estimate of drug-likeness (QED) is 0.745. The van der Waals surface area contributed by atoms with Gasteiger partial charge in [-0.05, 0) is 57.6 Å². The lowest BCUT2D eigenvalue weighted by molar-refractivity contribution is -0.127. The van der Waals surface area contributed by atoms with E-state index in [9.17, 15) is 9.59 Å². The van der Waals surface area contributed by atoms with Crippen LogP contribution >= 0.6 is 0 Å². The van der Waals surface area contributed by atoms with Gasteiger partial charge in [0.25, 0.3) is 0 Å². The Morgan fingerprint density at radius 3 is 2.56 bits per heavy atom. The first-order valence-electron chi connectivity index (χ1n) is 9.62. The fraction of sp³-hybridized carbons (Fsp3) is 0.545. The number of carbonyl (C=O) groups is 2. The van der Waals surface area contributed by atoms with Gasteiger partial charge < -0.3 is 14.5 Å². The van der Waals surface area contributed by atoms with Gasteiger partial charge in [0.2, 0.25) is 5.91 Å². The van der Waals surface area contributed by atoms with Crippen LogP contribution in [0.3, 0.4) is 0 Å². The molecule has 5 nitrogen and oxygen atoms in total. The van der Waals surface area contributed by atoms with Crippen LogP contribution in [-0.2, 0) is 9.53 Å². The zero-order chi connectivity index (χ0) is 20.0. The third-order valence-electron chi connectivity index (χ3n) is 4.64. The monoisotopic (exact) mass is 372 g/mol. The molecular formula is C22H32N2O3. The van der Waals surface area contributed by atoms with Crippen molar-refractivity contribution in [1.82, 2.24) is 9.80 Å². The lowest BCUT2D eigenvalue weighted by Crippen LogP contribution is -2.44. The van der Waals surface area contributed by atoms with Crippen LogP contribution in [-0.4, -0.2) is 54.1 Å². The maximum Gasteiger partial charge on any atom is 0.410 e. The van der Waals surface area contributed by atoms with E-state index in [0.717, 1.165) is 30.5 Å². The van der Waals surface area contributed by atoms with Crippen molar-refractivity contribution < 1.29 is 14.3 Å². The molecule has 27 heavy (non-hydrogen) atoms. The molecule has 2 rings (SSSR count). The standard InChI is InChI=1S/C22H32N2O3/c1-17(19-11-7-6-8-12-19)14-20(25)24-13-9-10-18(16-24)15-23(5)21(26)27-22(2,3)4/h6-8,11-12,14,18H,9-10,13,15-16H2,1-5H3/b17-14+. The third-order valence-corrected chi connectivity index (χ3v) is 4.64. The maximum absolute atomic E-state index is 12.7. The van der Waals surface area contributed by atoms with E-state index in [0.29, 0.717) is 13.1 Å². The minimum absolute atomic E-state index is 0.0426. The Hall–Kier alpha value is -2.30. The second-order valence-electron chi connectivity index (χ2n) is 8.35. The molecule has 1 aromatic rings. The number of likely N-dealkylation sites (tertiary alicyclic amines) is 1. The van der Waals surface area contributed by atoms with E-state index in [1.165, 1.54) is 0 Å². The molecule has 2 amide bonds. The molecule has 5 heteroatoms. The lowest BCUT2D eigenvalue weighted by Gasteiger charge is -2.34. The van der Waals surface area contributed by atoms with Crippen molar-refractivity contribution in [2.24, 2.45) is 5.92 Å². The Kier molecular flexibility index (Phi) is 7.05. The minimum Gasteiger partial charge on any atom is -0.444 e. The highest BCUT2D eigenvalue weighted by Crippen LogP contribution is 2.20. The van der Waals surface area contributed by atoms with Crippen molar-refractivity contribution in [3.8, 4) is 0 Å². The molecule has 1 heterocycles. The van der Waals surface area contributed by atoms with Gasteiger partial charge in [0, 0.05) is 32.8 Å². The van der Waals surface area contributed by atoms with Crippen molar-refractivity contribution in [2.45, 2.75) is 46.1 Å². The number of allylic oxidation sites excluding steroid dienone is 1. The summed E-state index contributed by atoms with van der Waals surface area (Å²) in [5.41, 5.74) is 1.53.